The van der Waals surface area contributed by atoms with Crippen LogP contribution in [0.2, 0.25) is 0 Å². The van der Waals surface area contributed by atoms with Crippen molar-refractivity contribution < 1.29 is 24.3 Å². The Morgan fingerprint density at radius 1 is 0.561 bits per heavy atom. The number of phenolic OH excluding ortho intramolecular Hbond substituents is 1. The van der Waals surface area contributed by atoms with Crippen LogP contribution in [0.25, 0.3) is 0 Å². The van der Waals surface area contributed by atoms with Crippen molar-refractivity contribution in [2.75, 3.05) is 0 Å². The summed E-state index contributed by atoms with van der Waals surface area (Å²) in [7, 11) is 0. The zero-order chi connectivity index (χ0) is 28.2. The van der Waals surface area contributed by atoms with Gasteiger partial charge in [0.1, 0.15) is 5.75 Å². The maximum absolute atomic E-state index is 13.3. The summed E-state index contributed by atoms with van der Waals surface area (Å²) in [4.78, 5) is 54.1. The van der Waals surface area contributed by atoms with E-state index >= 15 is 0 Å². The molecule has 6 aliphatic rings. The number of aryl methyl sites for hydroxylation is 3. The lowest BCUT2D eigenvalue weighted by Crippen LogP contribution is -2.23. The van der Waals surface area contributed by atoms with Crippen molar-refractivity contribution in [1.29, 1.82) is 0 Å². The first kappa shape index (κ1) is 25.6. The van der Waals surface area contributed by atoms with Gasteiger partial charge in [0.05, 0.1) is 27.1 Å². The molecule has 2 heterocycles. The predicted octanol–water partition coefficient (Wildman–Crippen LogP) is 5.88. The highest BCUT2D eigenvalue weighted by Crippen LogP contribution is 2.46. The van der Waals surface area contributed by atoms with E-state index in [9.17, 15) is 24.3 Å². The molecule has 0 saturated carbocycles. The van der Waals surface area contributed by atoms with E-state index in [1.165, 1.54) is 0 Å². The van der Waals surface area contributed by atoms with E-state index in [0.29, 0.717) is 68.9 Å². The molecule has 1 N–H and O–H groups in total. The van der Waals surface area contributed by atoms with E-state index in [1.54, 1.807) is 48.5 Å². The third kappa shape index (κ3) is 4.24. The summed E-state index contributed by atoms with van der Waals surface area (Å²) >= 11 is 1.93. The number of phenols is 1. The minimum absolute atomic E-state index is 0.00303. The normalized spacial score (nSPS) is 15.8. The molecule has 0 saturated heterocycles. The van der Waals surface area contributed by atoms with Gasteiger partial charge in [-0.3, -0.25) is 19.2 Å². The topological polar surface area (TPSA) is 95.0 Å². The highest BCUT2D eigenvalue weighted by Gasteiger charge is 2.39. The first-order chi connectivity index (χ1) is 19.9. The molecule has 0 atom stereocenters. The Morgan fingerprint density at radius 3 is 1.49 bits per heavy atom. The number of imide groups is 2. The Bertz CT molecular complexity index is 1730. The van der Waals surface area contributed by atoms with Gasteiger partial charge in [0, 0.05) is 16.8 Å². The Hall–Kier alpha value is -4.34. The van der Waals surface area contributed by atoms with Crippen LogP contribution in [0.3, 0.4) is 0 Å². The van der Waals surface area contributed by atoms with Crippen molar-refractivity contribution in [3.05, 3.63) is 123 Å². The van der Waals surface area contributed by atoms with Crippen LogP contribution in [0.5, 0.6) is 5.75 Å². The summed E-state index contributed by atoms with van der Waals surface area (Å²) < 4.78 is 2.24. The van der Waals surface area contributed by atoms with Crippen LogP contribution in [0.15, 0.2) is 88.7 Å². The fraction of sp³-hybridized carbons (Fsp3) is 0.125. The van der Waals surface area contributed by atoms with Gasteiger partial charge >= 0.3 is 0 Å². The Morgan fingerprint density at radius 2 is 1.00 bits per heavy atom. The molecule has 2 aliphatic heterocycles. The Labute approximate surface area is 244 Å². The lowest BCUT2D eigenvalue weighted by Gasteiger charge is -2.23. The monoisotopic (exact) mass is 578 g/mol. The van der Waals surface area contributed by atoms with Gasteiger partial charge in [-0.25, -0.2) is 8.61 Å². The van der Waals surface area contributed by atoms with E-state index in [0.717, 1.165) is 43.6 Å². The summed E-state index contributed by atoms with van der Waals surface area (Å²) in [6.45, 7) is 0. The molecule has 0 aromatic heterocycles. The molecule has 9 heteroatoms. The molecule has 0 spiro atoms. The lowest BCUT2D eigenvalue weighted by molar-refractivity contribution is 0.0760. The SMILES string of the molecule is O=C1c2ccccc2C(=O)N1Sc1cc2c(O)c(SN3C(=O)c4ccccc4C3=O)c1CCc1ccc(cc1)CC2. The molecule has 0 fully saturated rings. The van der Waals surface area contributed by atoms with Crippen LogP contribution >= 0.6 is 23.9 Å². The number of hydrogen-bond donors (Lipinski definition) is 1. The summed E-state index contributed by atoms with van der Waals surface area (Å²) in [5, 5.41) is 11.6. The van der Waals surface area contributed by atoms with E-state index < -0.39 is 23.6 Å². The first-order valence-corrected chi connectivity index (χ1v) is 14.7. The zero-order valence-corrected chi connectivity index (χ0v) is 23.3. The first-order valence-electron chi connectivity index (χ1n) is 13.2. The minimum Gasteiger partial charge on any atom is -0.506 e. The van der Waals surface area contributed by atoms with Gasteiger partial charge in [0.15, 0.2) is 0 Å². The average Bonchev–Trinajstić information content (AvgIpc) is 3.37. The number of fused-ring (bicyclic) bond motifs is 2. The maximum atomic E-state index is 13.3. The zero-order valence-electron chi connectivity index (χ0n) is 21.6. The standard InChI is InChI=1S/C32H22N2O5S2/c35-27-20-15-13-18-9-11-19(12-10-18)14-16-25(28(27)41-34-31(38)23-7-3-4-8-24(23)32(34)39)26(17-20)40-33-29(36)21-5-1-2-6-22(21)30(33)37/h1-12,17,35H,13-16H2. The molecule has 4 amide bonds. The largest absolute Gasteiger partial charge is 0.506 e. The molecular weight excluding hydrogens is 556 g/mol. The van der Waals surface area contributed by atoms with E-state index in [2.05, 4.69) is 24.3 Å². The molecule has 4 bridgehead atoms. The minimum atomic E-state index is -0.447. The van der Waals surface area contributed by atoms with Crippen molar-refractivity contribution >= 4 is 47.5 Å². The van der Waals surface area contributed by atoms with Gasteiger partial charge in [-0.05, 0) is 90.2 Å². The van der Waals surface area contributed by atoms with E-state index in [1.807, 2.05) is 6.07 Å². The number of hydrogen-bond acceptors (Lipinski definition) is 7. The molecule has 4 aromatic rings. The van der Waals surface area contributed by atoms with Gasteiger partial charge < -0.3 is 5.11 Å². The third-order valence-corrected chi connectivity index (χ3v) is 9.86. The number of aromatic hydroxyl groups is 1. The predicted molar refractivity (Wildman–Crippen MR) is 155 cm³/mol. The van der Waals surface area contributed by atoms with Crippen LogP contribution in [-0.4, -0.2) is 37.3 Å². The second-order valence-corrected chi connectivity index (χ2v) is 12.0. The molecule has 10 rings (SSSR count). The fourth-order valence-electron chi connectivity index (χ4n) is 5.43. The van der Waals surface area contributed by atoms with Crippen molar-refractivity contribution in [3.63, 3.8) is 0 Å². The van der Waals surface area contributed by atoms with Gasteiger partial charge in [0.25, 0.3) is 23.6 Å². The number of carbonyl (C=O) groups excluding carboxylic acids is 4. The number of amides is 4. The van der Waals surface area contributed by atoms with E-state index in [4.69, 9.17) is 0 Å². The van der Waals surface area contributed by atoms with Crippen LogP contribution in [0, 0.1) is 0 Å². The number of nitrogens with zero attached hydrogens (tertiary/aromatic N) is 2. The van der Waals surface area contributed by atoms with Crippen molar-refractivity contribution in [1.82, 2.24) is 8.61 Å². The molecule has 4 aromatic carbocycles. The Kier molecular flexibility index (Phi) is 6.21. The molecule has 4 aliphatic carbocycles. The Balaban J connectivity index is 1.33. The number of benzene rings is 4. The molecular formula is C32H22N2O5S2. The lowest BCUT2D eigenvalue weighted by atomic mass is 9.96. The van der Waals surface area contributed by atoms with Crippen molar-refractivity contribution in [3.8, 4) is 5.75 Å². The molecule has 7 nitrogen and oxygen atoms in total. The van der Waals surface area contributed by atoms with E-state index in [-0.39, 0.29) is 5.75 Å². The number of carbonyl (C=O) groups is 4. The molecule has 0 radical (unpaired) electrons. The van der Waals surface area contributed by atoms with Crippen LogP contribution < -0.4 is 0 Å². The summed E-state index contributed by atoms with van der Waals surface area (Å²) in [6.07, 6.45) is 2.20. The molecule has 41 heavy (non-hydrogen) atoms. The molecule has 0 unspecified atom stereocenters. The van der Waals surface area contributed by atoms with Gasteiger partial charge in [-0.15, -0.1) is 0 Å². The fourth-order valence-corrected chi connectivity index (χ4v) is 7.65. The van der Waals surface area contributed by atoms with Gasteiger partial charge in [0.2, 0.25) is 0 Å². The smallest absolute Gasteiger partial charge is 0.272 e. The van der Waals surface area contributed by atoms with Crippen LogP contribution in [0.4, 0.5) is 0 Å². The van der Waals surface area contributed by atoms with Gasteiger partial charge in [-0.1, -0.05) is 48.5 Å². The number of rotatable bonds is 4. The van der Waals surface area contributed by atoms with Crippen molar-refractivity contribution in [2.45, 2.75) is 35.5 Å². The quantitative estimate of drug-likeness (QED) is 0.239. The second-order valence-electron chi connectivity index (χ2n) is 10.1. The van der Waals surface area contributed by atoms with Crippen LogP contribution in [-0.2, 0) is 25.7 Å². The highest BCUT2D eigenvalue weighted by molar-refractivity contribution is 7.99. The van der Waals surface area contributed by atoms with Crippen LogP contribution in [0.1, 0.15) is 63.7 Å². The van der Waals surface area contributed by atoms with Gasteiger partial charge in [-0.2, -0.15) is 0 Å². The van der Waals surface area contributed by atoms with Crippen molar-refractivity contribution in [2.24, 2.45) is 0 Å². The summed E-state index contributed by atoms with van der Waals surface area (Å²) in [5.41, 5.74) is 4.80. The highest BCUT2D eigenvalue weighted by atomic mass is 32.2. The molecule has 202 valence electrons. The summed E-state index contributed by atoms with van der Waals surface area (Å²) in [6, 6.07) is 23.5. The maximum Gasteiger partial charge on any atom is 0.272 e. The summed E-state index contributed by atoms with van der Waals surface area (Å²) in [5.74, 6) is -1.69. The average molecular weight is 579 g/mol. The second kappa shape index (κ2) is 9.94. The third-order valence-electron chi connectivity index (χ3n) is 7.65.